The zero-order valence-corrected chi connectivity index (χ0v) is 7.73. The predicted octanol–water partition coefficient (Wildman–Crippen LogP) is -0.258. The van der Waals surface area contributed by atoms with Crippen LogP contribution in [0.15, 0.2) is 0 Å². The highest BCUT2D eigenvalue weighted by Gasteiger charge is 2.18. The Bertz CT molecular complexity index is 188. The lowest BCUT2D eigenvalue weighted by Gasteiger charge is -2.09. The molecule has 0 amide bonds. The second kappa shape index (κ2) is 4.69. The summed E-state index contributed by atoms with van der Waals surface area (Å²) in [6.07, 6.45) is 0.492. The maximum Gasteiger partial charge on any atom is 0.176 e. The van der Waals surface area contributed by atoms with Gasteiger partial charge in [0.2, 0.25) is 0 Å². The number of methoxy groups -OCH3 is 1. The number of nitrogens with two attached hydrogens (primary N) is 1. The van der Waals surface area contributed by atoms with E-state index >= 15 is 0 Å². The first-order valence-corrected chi connectivity index (χ1v) is 5.16. The van der Waals surface area contributed by atoms with Crippen LogP contribution in [0, 0.1) is 0 Å². The Morgan fingerprint density at radius 2 is 2.09 bits per heavy atom. The van der Waals surface area contributed by atoms with Crippen LogP contribution in [0.25, 0.3) is 0 Å². The van der Waals surface area contributed by atoms with Gasteiger partial charge >= 0.3 is 0 Å². The van der Waals surface area contributed by atoms with Gasteiger partial charge in [-0.2, -0.15) is 0 Å². The van der Waals surface area contributed by atoms with E-state index in [1.807, 2.05) is 0 Å². The molecule has 11 heavy (non-hydrogen) atoms. The van der Waals surface area contributed by atoms with Crippen molar-refractivity contribution in [2.24, 2.45) is 5.73 Å². The van der Waals surface area contributed by atoms with Crippen molar-refractivity contribution in [1.29, 1.82) is 0 Å². The van der Waals surface area contributed by atoms with E-state index in [2.05, 4.69) is 4.74 Å². The van der Waals surface area contributed by atoms with E-state index in [1.165, 1.54) is 7.11 Å². The Morgan fingerprint density at radius 1 is 1.55 bits per heavy atom. The normalized spacial score (nSPS) is 14.8. The summed E-state index contributed by atoms with van der Waals surface area (Å²) in [5, 5.41) is -0.396. The van der Waals surface area contributed by atoms with Crippen LogP contribution in [0.1, 0.15) is 13.3 Å². The van der Waals surface area contributed by atoms with E-state index < -0.39 is 15.1 Å². The third-order valence-electron chi connectivity index (χ3n) is 1.47. The quantitative estimate of drug-likeness (QED) is 0.634. The molecule has 0 saturated heterocycles. The van der Waals surface area contributed by atoms with Crippen molar-refractivity contribution in [2.75, 3.05) is 19.6 Å². The topological polar surface area (TPSA) is 69.4 Å². The Kier molecular flexibility index (Phi) is 4.63. The maximum atomic E-state index is 11.1. The SMILES string of the molecule is COCS(=O)(=O)C(C)CCN. The fraction of sp³-hybridized carbons (Fsp3) is 1.00. The van der Waals surface area contributed by atoms with Gasteiger partial charge in [-0.15, -0.1) is 0 Å². The van der Waals surface area contributed by atoms with Gasteiger partial charge in [0.25, 0.3) is 0 Å². The molecule has 0 radical (unpaired) electrons. The van der Waals surface area contributed by atoms with Gasteiger partial charge in [-0.3, -0.25) is 0 Å². The average Bonchev–Trinajstić information content (AvgIpc) is 1.88. The lowest BCUT2D eigenvalue weighted by Crippen LogP contribution is -2.24. The molecule has 0 aliphatic carbocycles. The number of sulfone groups is 1. The van der Waals surface area contributed by atoms with E-state index in [0.29, 0.717) is 13.0 Å². The van der Waals surface area contributed by atoms with Gasteiger partial charge in [-0.1, -0.05) is 0 Å². The molecule has 0 aromatic heterocycles. The van der Waals surface area contributed by atoms with Crippen molar-refractivity contribution < 1.29 is 13.2 Å². The van der Waals surface area contributed by atoms with Gasteiger partial charge in [0, 0.05) is 7.11 Å². The first-order valence-electron chi connectivity index (χ1n) is 3.45. The van der Waals surface area contributed by atoms with E-state index in [4.69, 9.17) is 5.73 Å². The second-order valence-electron chi connectivity index (χ2n) is 2.46. The van der Waals surface area contributed by atoms with Crippen LogP contribution in [0.5, 0.6) is 0 Å². The molecule has 68 valence electrons. The van der Waals surface area contributed by atoms with Crippen molar-refractivity contribution >= 4 is 9.84 Å². The molecule has 0 aliphatic heterocycles. The number of ether oxygens (including phenoxy) is 1. The van der Waals surface area contributed by atoms with Gasteiger partial charge in [-0.25, -0.2) is 8.42 Å². The number of rotatable bonds is 5. The highest BCUT2D eigenvalue weighted by Crippen LogP contribution is 2.04. The smallest absolute Gasteiger partial charge is 0.176 e. The third kappa shape index (κ3) is 3.69. The van der Waals surface area contributed by atoms with Crippen molar-refractivity contribution in [3.8, 4) is 0 Å². The molecule has 0 spiro atoms. The molecule has 0 aromatic carbocycles. The summed E-state index contributed by atoms with van der Waals surface area (Å²) < 4.78 is 26.8. The molecular weight excluding hydrogens is 166 g/mol. The predicted molar refractivity (Wildman–Crippen MR) is 43.9 cm³/mol. The molecular formula is C6H15NO3S. The van der Waals surface area contributed by atoms with Crippen LogP contribution in [0.3, 0.4) is 0 Å². The van der Waals surface area contributed by atoms with Crippen LogP contribution < -0.4 is 5.73 Å². The third-order valence-corrected chi connectivity index (χ3v) is 3.49. The zero-order valence-electron chi connectivity index (χ0n) is 6.91. The van der Waals surface area contributed by atoms with Crippen LogP contribution in [0.2, 0.25) is 0 Å². The first-order chi connectivity index (χ1) is 5.04. The Balaban J connectivity index is 4.07. The summed E-state index contributed by atoms with van der Waals surface area (Å²) >= 11 is 0. The Labute approximate surface area is 67.6 Å². The van der Waals surface area contributed by atoms with Crippen LogP contribution in [-0.2, 0) is 14.6 Å². The molecule has 0 rings (SSSR count). The van der Waals surface area contributed by atoms with Gasteiger partial charge in [0.05, 0.1) is 5.25 Å². The van der Waals surface area contributed by atoms with Crippen LogP contribution in [-0.4, -0.2) is 33.3 Å². The molecule has 5 heteroatoms. The maximum absolute atomic E-state index is 11.1. The van der Waals surface area contributed by atoms with Gasteiger partial charge < -0.3 is 10.5 Å². The minimum absolute atomic E-state index is 0.214. The van der Waals surface area contributed by atoms with Crippen LogP contribution >= 0.6 is 0 Å². The van der Waals surface area contributed by atoms with E-state index in [1.54, 1.807) is 6.92 Å². The fourth-order valence-electron chi connectivity index (χ4n) is 0.695. The number of hydrogen-bond acceptors (Lipinski definition) is 4. The van der Waals surface area contributed by atoms with E-state index in [-0.39, 0.29) is 5.94 Å². The first kappa shape index (κ1) is 10.9. The van der Waals surface area contributed by atoms with Gasteiger partial charge in [0.15, 0.2) is 9.84 Å². The molecule has 1 atom stereocenters. The van der Waals surface area contributed by atoms with Gasteiger partial charge in [0.1, 0.15) is 5.94 Å². The van der Waals surface area contributed by atoms with Crippen molar-refractivity contribution in [1.82, 2.24) is 0 Å². The van der Waals surface area contributed by atoms with Crippen molar-refractivity contribution in [3.63, 3.8) is 0 Å². The summed E-state index contributed by atoms with van der Waals surface area (Å²) in [5.41, 5.74) is 5.22. The molecule has 0 fully saturated rings. The van der Waals surface area contributed by atoms with Gasteiger partial charge in [-0.05, 0) is 19.9 Å². The summed E-state index contributed by atoms with van der Waals surface area (Å²) in [6.45, 7) is 2.03. The highest BCUT2D eigenvalue weighted by atomic mass is 32.2. The molecule has 0 saturated carbocycles. The summed E-state index contributed by atoms with van der Waals surface area (Å²) in [4.78, 5) is 0. The average molecular weight is 181 g/mol. The molecule has 1 unspecified atom stereocenters. The summed E-state index contributed by atoms with van der Waals surface area (Å²) in [6, 6.07) is 0. The second-order valence-corrected chi connectivity index (χ2v) is 4.82. The lowest BCUT2D eigenvalue weighted by atomic mass is 10.3. The zero-order chi connectivity index (χ0) is 8.91. The molecule has 0 bridgehead atoms. The van der Waals surface area contributed by atoms with Crippen molar-refractivity contribution in [2.45, 2.75) is 18.6 Å². The Morgan fingerprint density at radius 3 is 2.45 bits per heavy atom. The largest absolute Gasteiger partial charge is 0.369 e. The molecule has 4 nitrogen and oxygen atoms in total. The molecule has 0 heterocycles. The Hall–Kier alpha value is -0.130. The summed E-state index contributed by atoms with van der Waals surface area (Å²) in [5.74, 6) is -0.214. The number of hydrogen-bond donors (Lipinski definition) is 1. The minimum atomic E-state index is -3.07. The van der Waals surface area contributed by atoms with E-state index in [0.717, 1.165) is 0 Å². The highest BCUT2D eigenvalue weighted by molar-refractivity contribution is 7.91. The molecule has 2 N–H and O–H groups in total. The van der Waals surface area contributed by atoms with Crippen LogP contribution in [0.4, 0.5) is 0 Å². The summed E-state index contributed by atoms with van der Waals surface area (Å²) in [7, 11) is -1.71. The molecule has 0 aliphatic rings. The molecule has 0 aromatic rings. The minimum Gasteiger partial charge on any atom is -0.369 e. The van der Waals surface area contributed by atoms with E-state index in [9.17, 15) is 8.42 Å². The van der Waals surface area contributed by atoms with Crippen molar-refractivity contribution in [3.05, 3.63) is 0 Å². The lowest BCUT2D eigenvalue weighted by molar-refractivity contribution is 0.248. The fourth-order valence-corrected chi connectivity index (χ4v) is 1.75. The monoisotopic (exact) mass is 181 g/mol. The standard InChI is InChI=1S/C6H15NO3S/c1-6(3-4-7)11(8,9)5-10-2/h6H,3-5,7H2,1-2H3.